The van der Waals surface area contributed by atoms with Crippen LogP contribution in [0.1, 0.15) is 37.7 Å². The van der Waals surface area contributed by atoms with Crippen molar-refractivity contribution in [1.29, 1.82) is 0 Å². The van der Waals surface area contributed by atoms with Gasteiger partial charge < -0.3 is 5.32 Å². The van der Waals surface area contributed by atoms with Crippen LogP contribution in [-0.2, 0) is 5.41 Å². The van der Waals surface area contributed by atoms with Crippen molar-refractivity contribution in [3.8, 4) is 0 Å². The molecule has 0 atom stereocenters. The number of aromatic nitrogens is 2. The molecule has 0 radical (unpaired) electrons. The van der Waals surface area contributed by atoms with Crippen LogP contribution in [0.4, 0.5) is 11.5 Å². The van der Waals surface area contributed by atoms with Crippen molar-refractivity contribution in [2.75, 3.05) is 5.32 Å². The van der Waals surface area contributed by atoms with Gasteiger partial charge in [0, 0.05) is 16.7 Å². The third-order valence-electron chi connectivity index (χ3n) is 3.04. The largest absolute Gasteiger partial charge is 0.340 e. The normalized spacial score (nSPS) is 11.5. The molecule has 0 saturated carbocycles. The first-order valence-corrected chi connectivity index (χ1v) is 7.03. The van der Waals surface area contributed by atoms with Crippen molar-refractivity contribution in [2.24, 2.45) is 0 Å². The molecule has 1 aromatic heterocycles. The molecule has 0 aliphatic carbocycles. The molecule has 1 heterocycles. The number of aryl methyl sites for hydroxylation is 1. The third kappa shape index (κ3) is 3.28. The molecule has 0 fully saturated rings. The average molecular weight is 290 g/mol. The standard InChI is InChI=1S/C16H20ClN3/c1-10-7-6-8-12(9-10)18-14-11(2)13(17)19-15(20-14)16(3,4)5/h6-9H,1-5H3,(H,18,19,20). The summed E-state index contributed by atoms with van der Waals surface area (Å²) in [4.78, 5) is 9.00. The molecular weight excluding hydrogens is 270 g/mol. The van der Waals surface area contributed by atoms with Crippen LogP contribution in [0.2, 0.25) is 5.15 Å². The van der Waals surface area contributed by atoms with Crippen LogP contribution in [0, 0.1) is 13.8 Å². The van der Waals surface area contributed by atoms with E-state index >= 15 is 0 Å². The minimum atomic E-state index is -0.139. The fourth-order valence-electron chi connectivity index (χ4n) is 1.81. The van der Waals surface area contributed by atoms with Gasteiger partial charge in [-0.05, 0) is 31.5 Å². The van der Waals surface area contributed by atoms with Crippen molar-refractivity contribution in [2.45, 2.75) is 40.0 Å². The molecule has 2 rings (SSSR count). The van der Waals surface area contributed by atoms with Crippen molar-refractivity contribution in [1.82, 2.24) is 9.97 Å². The maximum absolute atomic E-state index is 6.23. The van der Waals surface area contributed by atoms with Gasteiger partial charge in [-0.2, -0.15) is 0 Å². The maximum Gasteiger partial charge on any atom is 0.138 e. The Bertz CT molecular complexity index is 630. The molecule has 0 saturated heterocycles. The summed E-state index contributed by atoms with van der Waals surface area (Å²) in [6.45, 7) is 10.2. The van der Waals surface area contributed by atoms with Crippen molar-refractivity contribution in [3.63, 3.8) is 0 Å². The van der Waals surface area contributed by atoms with Crippen molar-refractivity contribution in [3.05, 3.63) is 46.4 Å². The lowest BCUT2D eigenvalue weighted by atomic mass is 9.95. The van der Waals surface area contributed by atoms with E-state index in [2.05, 4.69) is 55.1 Å². The minimum absolute atomic E-state index is 0.139. The summed E-state index contributed by atoms with van der Waals surface area (Å²) in [5, 5.41) is 3.83. The number of anilines is 2. The van der Waals surface area contributed by atoms with Gasteiger partial charge >= 0.3 is 0 Å². The molecule has 0 unspecified atom stereocenters. The summed E-state index contributed by atoms with van der Waals surface area (Å²) in [5.41, 5.74) is 2.92. The smallest absolute Gasteiger partial charge is 0.138 e. The predicted octanol–water partition coefficient (Wildman–Crippen LogP) is 4.79. The molecule has 0 aliphatic rings. The molecule has 1 N–H and O–H groups in total. The zero-order valence-electron chi connectivity index (χ0n) is 12.6. The van der Waals surface area contributed by atoms with Gasteiger partial charge in [-0.3, -0.25) is 0 Å². The molecule has 0 spiro atoms. The maximum atomic E-state index is 6.23. The SMILES string of the molecule is Cc1cccc(Nc2nc(C(C)(C)C)nc(Cl)c2C)c1. The van der Waals surface area contributed by atoms with Crippen molar-refractivity contribution < 1.29 is 0 Å². The summed E-state index contributed by atoms with van der Waals surface area (Å²) in [5.74, 6) is 1.50. The molecule has 0 amide bonds. The van der Waals surface area contributed by atoms with E-state index in [0.29, 0.717) is 5.15 Å². The Morgan fingerprint density at radius 3 is 2.40 bits per heavy atom. The second-order valence-electron chi connectivity index (χ2n) is 6.06. The minimum Gasteiger partial charge on any atom is -0.340 e. The van der Waals surface area contributed by atoms with Gasteiger partial charge in [-0.1, -0.05) is 44.5 Å². The highest BCUT2D eigenvalue weighted by Crippen LogP contribution is 2.28. The van der Waals surface area contributed by atoms with E-state index in [1.54, 1.807) is 0 Å². The van der Waals surface area contributed by atoms with Crippen LogP contribution >= 0.6 is 11.6 Å². The van der Waals surface area contributed by atoms with Gasteiger partial charge in [0.2, 0.25) is 0 Å². The van der Waals surface area contributed by atoms with Gasteiger partial charge in [-0.15, -0.1) is 0 Å². The van der Waals surface area contributed by atoms with Crippen LogP contribution in [0.3, 0.4) is 0 Å². The number of nitrogens with one attached hydrogen (secondary N) is 1. The Morgan fingerprint density at radius 1 is 1.10 bits per heavy atom. The van der Waals surface area contributed by atoms with Gasteiger partial charge in [0.1, 0.15) is 16.8 Å². The van der Waals surface area contributed by atoms with Crippen LogP contribution in [0.15, 0.2) is 24.3 Å². The molecular formula is C16H20ClN3. The first-order valence-electron chi connectivity index (χ1n) is 6.65. The van der Waals surface area contributed by atoms with Gasteiger partial charge in [0.05, 0.1) is 0 Å². The van der Waals surface area contributed by atoms with Gasteiger partial charge in [0.15, 0.2) is 0 Å². The van der Waals surface area contributed by atoms with Gasteiger partial charge in [0.25, 0.3) is 0 Å². The first kappa shape index (κ1) is 14.8. The topological polar surface area (TPSA) is 37.8 Å². The molecule has 2 aromatic rings. The second-order valence-corrected chi connectivity index (χ2v) is 6.41. The van der Waals surface area contributed by atoms with Crippen LogP contribution < -0.4 is 5.32 Å². The number of halogens is 1. The quantitative estimate of drug-likeness (QED) is 0.808. The molecule has 106 valence electrons. The Morgan fingerprint density at radius 2 is 1.80 bits per heavy atom. The van der Waals surface area contributed by atoms with E-state index in [-0.39, 0.29) is 5.41 Å². The van der Waals surface area contributed by atoms with E-state index in [9.17, 15) is 0 Å². The van der Waals surface area contributed by atoms with Crippen LogP contribution in [-0.4, -0.2) is 9.97 Å². The predicted molar refractivity (Wildman–Crippen MR) is 84.9 cm³/mol. The number of hydrogen-bond donors (Lipinski definition) is 1. The number of rotatable bonds is 2. The summed E-state index contributed by atoms with van der Waals surface area (Å²) in [6, 6.07) is 8.16. The lowest BCUT2D eigenvalue weighted by Gasteiger charge is -2.19. The van der Waals surface area contributed by atoms with Crippen molar-refractivity contribution >= 4 is 23.1 Å². The number of benzene rings is 1. The van der Waals surface area contributed by atoms with E-state index in [4.69, 9.17) is 11.6 Å². The van der Waals surface area contributed by atoms with E-state index in [0.717, 1.165) is 22.9 Å². The summed E-state index contributed by atoms with van der Waals surface area (Å²) < 4.78 is 0. The summed E-state index contributed by atoms with van der Waals surface area (Å²) in [6.07, 6.45) is 0. The van der Waals surface area contributed by atoms with Gasteiger partial charge in [-0.25, -0.2) is 9.97 Å². The lowest BCUT2D eigenvalue weighted by Crippen LogP contribution is -2.17. The van der Waals surface area contributed by atoms with E-state index in [1.807, 2.05) is 19.1 Å². The Balaban J connectivity index is 2.43. The average Bonchev–Trinajstić information content (AvgIpc) is 2.33. The second kappa shape index (κ2) is 5.41. The zero-order chi connectivity index (χ0) is 14.9. The Kier molecular flexibility index (Phi) is 4.00. The van der Waals surface area contributed by atoms with Crippen LogP contribution in [0.5, 0.6) is 0 Å². The third-order valence-corrected chi connectivity index (χ3v) is 3.41. The molecule has 20 heavy (non-hydrogen) atoms. The molecule has 4 heteroatoms. The Hall–Kier alpha value is -1.61. The molecule has 0 aliphatic heterocycles. The molecule has 1 aromatic carbocycles. The lowest BCUT2D eigenvalue weighted by molar-refractivity contribution is 0.545. The van der Waals surface area contributed by atoms with E-state index < -0.39 is 0 Å². The fourth-order valence-corrected chi connectivity index (χ4v) is 1.98. The monoisotopic (exact) mass is 289 g/mol. The molecule has 0 bridgehead atoms. The Labute approximate surface area is 125 Å². The first-order chi connectivity index (χ1) is 9.27. The van der Waals surface area contributed by atoms with E-state index in [1.165, 1.54) is 5.56 Å². The highest BCUT2D eigenvalue weighted by molar-refractivity contribution is 6.30. The van der Waals surface area contributed by atoms with Crippen LogP contribution in [0.25, 0.3) is 0 Å². The molecule has 3 nitrogen and oxygen atoms in total. The fraction of sp³-hybridized carbons (Fsp3) is 0.375. The number of hydrogen-bond acceptors (Lipinski definition) is 3. The highest BCUT2D eigenvalue weighted by atomic mass is 35.5. The zero-order valence-corrected chi connectivity index (χ0v) is 13.3. The summed E-state index contributed by atoms with van der Waals surface area (Å²) in [7, 11) is 0. The highest BCUT2D eigenvalue weighted by Gasteiger charge is 2.20. The number of nitrogens with zero attached hydrogens (tertiary/aromatic N) is 2. The summed E-state index contributed by atoms with van der Waals surface area (Å²) >= 11 is 6.23.